The summed E-state index contributed by atoms with van der Waals surface area (Å²) in [5, 5.41) is 9.07. The van der Waals surface area contributed by atoms with E-state index in [1.54, 1.807) is 0 Å². The van der Waals surface area contributed by atoms with E-state index in [1.165, 1.54) is 6.92 Å². The zero-order chi connectivity index (χ0) is 8.20. The molecular weight excluding hydrogens is 132 g/mol. The largest absolute Gasteiger partial charge is 0.430 e. The molecule has 0 spiro atoms. The van der Waals surface area contributed by atoms with Crippen molar-refractivity contribution in [2.45, 2.75) is 19.1 Å². The second-order valence-corrected chi connectivity index (χ2v) is 2.05. The van der Waals surface area contributed by atoms with Gasteiger partial charge in [0, 0.05) is 19.4 Å². The smallest absolute Gasteiger partial charge is 0.332 e. The average Bonchev–Trinajstić information content (AvgIpc) is 1.87. The molecule has 0 aliphatic heterocycles. The van der Waals surface area contributed by atoms with Crippen molar-refractivity contribution >= 4 is 5.97 Å². The van der Waals surface area contributed by atoms with E-state index in [9.17, 15) is 4.79 Å². The Kier molecular flexibility index (Phi) is 3.09. The fourth-order valence-electron chi connectivity index (χ4n) is 0.309. The third-order valence-electron chi connectivity index (χ3n) is 0.951. The minimum absolute atomic E-state index is 0.118. The Morgan fingerprint density at radius 3 is 2.70 bits per heavy atom. The third-order valence-corrected chi connectivity index (χ3v) is 0.951. The van der Waals surface area contributed by atoms with Gasteiger partial charge in [0.05, 0.1) is 0 Å². The molecule has 10 heavy (non-hydrogen) atoms. The predicted octanol–water partition coefficient (Wildman–Crippen LogP) is 0.648. The minimum Gasteiger partial charge on any atom is -0.430 e. The molecule has 0 fully saturated rings. The first-order valence-corrected chi connectivity index (χ1v) is 2.89. The van der Waals surface area contributed by atoms with Crippen LogP contribution in [0.2, 0.25) is 0 Å². The molecule has 0 aromatic rings. The van der Waals surface area contributed by atoms with Crippen molar-refractivity contribution in [2.75, 3.05) is 0 Å². The monoisotopic (exact) mass is 143 g/mol. The summed E-state index contributed by atoms with van der Waals surface area (Å²) in [4.78, 5) is 10.5. The number of hydrogen-bond acceptors (Lipinski definition) is 3. The SMILES string of the molecule is [CH2]CC(C)(O)OC(=O)C=C. The van der Waals surface area contributed by atoms with Gasteiger partial charge in [-0.05, 0) is 6.92 Å². The van der Waals surface area contributed by atoms with Gasteiger partial charge >= 0.3 is 5.97 Å². The van der Waals surface area contributed by atoms with Gasteiger partial charge in [0.15, 0.2) is 0 Å². The number of aliphatic hydroxyl groups is 1. The van der Waals surface area contributed by atoms with E-state index in [0.29, 0.717) is 0 Å². The zero-order valence-corrected chi connectivity index (χ0v) is 5.96. The van der Waals surface area contributed by atoms with Gasteiger partial charge in [0.1, 0.15) is 0 Å². The van der Waals surface area contributed by atoms with Gasteiger partial charge in [0.2, 0.25) is 5.79 Å². The molecule has 1 radical (unpaired) electrons. The molecule has 0 bridgehead atoms. The first kappa shape index (κ1) is 9.17. The Labute approximate surface area is 60.3 Å². The number of carbonyl (C=O) groups is 1. The lowest BCUT2D eigenvalue weighted by Crippen LogP contribution is -2.29. The maximum absolute atomic E-state index is 10.5. The Balaban J connectivity index is 3.87. The van der Waals surface area contributed by atoms with Crippen LogP contribution in [0.3, 0.4) is 0 Å². The molecule has 0 saturated carbocycles. The van der Waals surface area contributed by atoms with Crippen LogP contribution in [-0.2, 0) is 9.53 Å². The van der Waals surface area contributed by atoms with E-state index in [2.05, 4.69) is 18.2 Å². The van der Waals surface area contributed by atoms with Crippen molar-refractivity contribution in [1.82, 2.24) is 0 Å². The minimum atomic E-state index is -1.47. The van der Waals surface area contributed by atoms with Gasteiger partial charge in [-0.25, -0.2) is 4.79 Å². The molecule has 0 heterocycles. The highest BCUT2D eigenvalue weighted by Gasteiger charge is 2.20. The van der Waals surface area contributed by atoms with Crippen molar-refractivity contribution < 1.29 is 14.6 Å². The summed E-state index contributed by atoms with van der Waals surface area (Å²) in [5.41, 5.74) is 0. The lowest BCUT2D eigenvalue weighted by Gasteiger charge is -2.20. The molecule has 1 N–H and O–H groups in total. The Morgan fingerprint density at radius 1 is 1.90 bits per heavy atom. The van der Waals surface area contributed by atoms with Crippen LogP contribution in [0.15, 0.2) is 12.7 Å². The Hall–Kier alpha value is -0.830. The van der Waals surface area contributed by atoms with E-state index in [1.807, 2.05) is 0 Å². The van der Waals surface area contributed by atoms with Gasteiger partial charge in [0.25, 0.3) is 0 Å². The van der Waals surface area contributed by atoms with Crippen molar-refractivity contribution in [3.05, 3.63) is 19.6 Å². The molecule has 0 aliphatic rings. The number of hydrogen-bond donors (Lipinski definition) is 1. The van der Waals surface area contributed by atoms with Crippen LogP contribution < -0.4 is 0 Å². The highest BCUT2D eigenvalue weighted by atomic mass is 16.7. The fraction of sp³-hybridized carbons (Fsp3) is 0.429. The number of rotatable bonds is 3. The van der Waals surface area contributed by atoms with E-state index in [0.717, 1.165) is 6.08 Å². The fourth-order valence-corrected chi connectivity index (χ4v) is 0.309. The van der Waals surface area contributed by atoms with Gasteiger partial charge in [-0.2, -0.15) is 0 Å². The predicted molar refractivity (Wildman–Crippen MR) is 36.9 cm³/mol. The van der Waals surface area contributed by atoms with Crippen LogP contribution in [0.4, 0.5) is 0 Å². The molecule has 0 amide bonds. The lowest BCUT2D eigenvalue weighted by molar-refractivity contribution is -0.195. The quantitative estimate of drug-likeness (QED) is 0.358. The first-order valence-electron chi connectivity index (χ1n) is 2.89. The molecule has 0 aromatic heterocycles. The molecule has 3 nitrogen and oxygen atoms in total. The van der Waals surface area contributed by atoms with Gasteiger partial charge in [-0.3, -0.25) is 0 Å². The standard InChI is InChI=1S/C7H11O3/c1-4-6(8)10-7(3,9)5-2/h4,9H,1-2,5H2,3H3. The topological polar surface area (TPSA) is 46.5 Å². The van der Waals surface area contributed by atoms with Gasteiger partial charge < -0.3 is 9.84 Å². The van der Waals surface area contributed by atoms with Crippen LogP contribution in [-0.4, -0.2) is 16.9 Å². The summed E-state index contributed by atoms with van der Waals surface area (Å²) >= 11 is 0. The molecule has 1 unspecified atom stereocenters. The van der Waals surface area contributed by atoms with Gasteiger partial charge in [-0.15, -0.1) is 0 Å². The summed E-state index contributed by atoms with van der Waals surface area (Å²) in [6, 6.07) is 0. The molecule has 57 valence electrons. The van der Waals surface area contributed by atoms with Crippen LogP contribution >= 0.6 is 0 Å². The number of ether oxygens (including phenoxy) is 1. The summed E-state index contributed by atoms with van der Waals surface area (Å²) < 4.78 is 4.47. The molecule has 0 rings (SSSR count). The molecule has 0 aliphatic carbocycles. The summed E-state index contributed by atoms with van der Waals surface area (Å²) in [6.07, 6.45) is 1.11. The second kappa shape index (κ2) is 3.37. The number of carbonyl (C=O) groups excluding carboxylic acids is 1. The van der Waals surface area contributed by atoms with Gasteiger partial charge in [-0.1, -0.05) is 6.58 Å². The second-order valence-electron chi connectivity index (χ2n) is 2.05. The molecule has 0 saturated heterocycles. The van der Waals surface area contributed by atoms with Crippen molar-refractivity contribution in [3.63, 3.8) is 0 Å². The average molecular weight is 143 g/mol. The van der Waals surface area contributed by atoms with E-state index < -0.39 is 11.8 Å². The van der Waals surface area contributed by atoms with Crippen molar-refractivity contribution in [1.29, 1.82) is 0 Å². The van der Waals surface area contributed by atoms with Crippen LogP contribution in [0.5, 0.6) is 0 Å². The zero-order valence-electron chi connectivity index (χ0n) is 5.96. The van der Waals surface area contributed by atoms with Crippen LogP contribution in [0, 0.1) is 6.92 Å². The van der Waals surface area contributed by atoms with E-state index in [-0.39, 0.29) is 6.42 Å². The van der Waals surface area contributed by atoms with Crippen LogP contribution in [0.25, 0.3) is 0 Å². The normalized spacial score (nSPS) is 15.5. The third kappa shape index (κ3) is 3.25. The summed E-state index contributed by atoms with van der Waals surface area (Å²) in [6.45, 7) is 7.92. The number of esters is 1. The lowest BCUT2D eigenvalue weighted by atomic mass is 10.2. The highest BCUT2D eigenvalue weighted by molar-refractivity contribution is 5.81. The highest BCUT2D eigenvalue weighted by Crippen LogP contribution is 2.09. The first-order chi connectivity index (χ1) is 4.52. The Bertz CT molecular complexity index is 138. The molecule has 0 aromatic carbocycles. The maximum atomic E-state index is 10.5. The van der Waals surface area contributed by atoms with Crippen molar-refractivity contribution in [3.8, 4) is 0 Å². The Morgan fingerprint density at radius 2 is 2.40 bits per heavy atom. The summed E-state index contributed by atoms with van der Waals surface area (Å²) in [7, 11) is 0. The van der Waals surface area contributed by atoms with E-state index in [4.69, 9.17) is 5.11 Å². The van der Waals surface area contributed by atoms with Crippen molar-refractivity contribution in [2.24, 2.45) is 0 Å². The molecule has 3 heteroatoms. The van der Waals surface area contributed by atoms with Crippen LogP contribution in [0.1, 0.15) is 13.3 Å². The molecular formula is C7H11O3. The van der Waals surface area contributed by atoms with E-state index >= 15 is 0 Å². The maximum Gasteiger partial charge on any atom is 0.332 e. The molecule has 1 atom stereocenters. The summed E-state index contributed by atoms with van der Waals surface area (Å²) in [5.74, 6) is -2.11.